The molecule has 1 atom stereocenters. The molecule has 182 valence electrons. The summed E-state index contributed by atoms with van der Waals surface area (Å²) in [4.78, 5) is 27.5. The SMILES string of the molecule is CC(C)(C)OC(=O)NC1(C(=O)Nc2ccc(SCc3ccccc3)cc2)CCc2ccccc2C1. The minimum Gasteiger partial charge on any atom is -0.444 e. The summed E-state index contributed by atoms with van der Waals surface area (Å²) < 4.78 is 5.50. The van der Waals surface area contributed by atoms with Crippen LogP contribution < -0.4 is 10.6 Å². The van der Waals surface area contributed by atoms with Crippen molar-refractivity contribution in [3.63, 3.8) is 0 Å². The number of rotatable bonds is 6. The van der Waals surface area contributed by atoms with Gasteiger partial charge in [0.05, 0.1) is 0 Å². The molecule has 0 bridgehead atoms. The Bertz CT molecular complexity index is 1170. The normalized spacial score (nSPS) is 17.2. The summed E-state index contributed by atoms with van der Waals surface area (Å²) in [6.45, 7) is 5.44. The number of aryl methyl sites for hydroxylation is 1. The molecule has 0 aromatic heterocycles. The van der Waals surface area contributed by atoms with Gasteiger partial charge >= 0.3 is 6.09 Å². The van der Waals surface area contributed by atoms with Crippen LogP contribution in [0, 0.1) is 0 Å². The Hall–Kier alpha value is -3.25. The molecule has 1 unspecified atom stereocenters. The summed E-state index contributed by atoms with van der Waals surface area (Å²) in [5.74, 6) is 0.650. The molecule has 1 aliphatic carbocycles. The predicted molar refractivity (Wildman–Crippen MR) is 142 cm³/mol. The molecular weight excluding hydrogens is 456 g/mol. The Morgan fingerprint density at radius 2 is 1.57 bits per heavy atom. The number of hydrogen-bond acceptors (Lipinski definition) is 4. The second-order valence-corrected chi connectivity index (χ2v) is 11.0. The summed E-state index contributed by atoms with van der Waals surface area (Å²) in [6, 6.07) is 26.2. The number of nitrogens with one attached hydrogen (secondary N) is 2. The van der Waals surface area contributed by atoms with Gasteiger partial charge in [0.1, 0.15) is 11.1 Å². The van der Waals surface area contributed by atoms with Crippen LogP contribution in [0.15, 0.2) is 83.8 Å². The van der Waals surface area contributed by atoms with Gasteiger partial charge in [-0.25, -0.2) is 4.79 Å². The zero-order valence-corrected chi connectivity index (χ0v) is 21.3. The van der Waals surface area contributed by atoms with Gasteiger partial charge in [-0.3, -0.25) is 4.79 Å². The monoisotopic (exact) mass is 488 g/mol. The van der Waals surface area contributed by atoms with Gasteiger partial charge in [0.15, 0.2) is 0 Å². The summed E-state index contributed by atoms with van der Waals surface area (Å²) >= 11 is 1.75. The van der Waals surface area contributed by atoms with Crippen LogP contribution in [0.4, 0.5) is 10.5 Å². The molecular formula is C29H32N2O3S. The van der Waals surface area contributed by atoms with Gasteiger partial charge in [-0.2, -0.15) is 0 Å². The van der Waals surface area contributed by atoms with E-state index in [2.05, 4.69) is 28.8 Å². The smallest absolute Gasteiger partial charge is 0.408 e. The lowest BCUT2D eigenvalue weighted by atomic mass is 9.77. The highest BCUT2D eigenvalue weighted by atomic mass is 32.2. The first-order chi connectivity index (χ1) is 16.7. The fourth-order valence-electron chi connectivity index (χ4n) is 4.22. The quantitative estimate of drug-likeness (QED) is 0.396. The van der Waals surface area contributed by atoms with Crippen LogP contribution in [0.5, 0.6) is 0 Å². The third kappa shape index (κ3) is 6.67. The number of alkyl carbamates (subject to hydrolysis) is 1. The number of benzene rings is 3. The molecule has 0 saturated carbocycles. The number of carbonyl (C=O) groups is 2. The molecule has 3 aromatic carbocycles. The van der Waals surface area contributed by atoms with Crippen LogP contribution in [-0.4, -0.2) is 23.1 Å². The Kier molecular flexibility index (Phi) is 7.51. The number of amides is 2. The molecule has 3 aromatic rings. The van der Waals surface area contributed by atoms with Crippen LogP contribution in [0.1, 0.15) is 43.9 Å². The van der Waals surface area contributed by atoms with E-state index in [1.807, 2.05) is 81.4 Å². The third-order valence-electron chi connectivity index (χ3n) is 5.97. The fraction of sp³-hybridized carbons (Fsp3) is 0.310. The highest BCUT2D eigenvalue weighted by Crippen LogP contribution is 2.31. The molecule has 0 radical (unpaired) electrons. The molecule has 0 heterocycles. The zero-order valence-electron chi connectivity index (χ0n) is 20.5. The number of hydrogen-bond donors (Lipinski definition) is 2. The van der Waals surface area contributed by atoms with E-state index < -0.39 is 17.2 Å². The van der Waals surface area contributed by atoms with Crippen molar-refractivity contribution in [1.82, 2.24) is 5.32 Å². The van der Waals surface area contributed by atoms with Gasteiger partial charge in [0, 0.05) is 22.8 Å². The van der Waals surface area contributed by atoms with Crippen LogP contribution in [-0.2, 0) is 28.1 Å². The Balaban J connectivity index is 1.47. The van der Waals surface area contributed by atoms with E-state index >= 15 is 0 Å². The first kappa shape index (κ1) is 24.9. The molecule has 2 N–H and O–H groups in total. The van der Waals surface area contributed by atoms with Crippen molar-refractivity contribution in [2.45, 2.75) is 61.8 Å². The van der Waals surface area contributed by atoms with Gasteiger partial charge in [-0.05, 0) is 74.6 Å². The van der Waals surface area contributed by atoms with Gasteiger partial charge in [0.2, 0.25) is 0 Å². The Morgan fingerprint density at radius 3 is 2.26 bits per heavy atom. The zero-order chi connectivity index (χ0) is 24.9. The van der Waals surface area contributed by atoms with Crippen molar-refractivity contribution in [2.24, 2.45) is 0 Å². The van der Waals surface area contributed by atoms with Crippen molar-refractivity contribution >= 4 is 29.4 Å². The third-order valence-corrected chi connectivity index (χ3v) is 7.05. The van der Waals surface area contributed by atoms with E-state index in [9.17, 15) is 9.59 Å². The lowest BCUT2D eigenvalue weighted by Gasteiger charge is -2.38. The summed E-state index contributed by atoms with van der Waals surface area (Å²) in [5, 5.41) is 5.96. The van der Waals surface area contributed by atoms with E-state index in [0.29, 0.717) is 24.9 Å². The topological polar surface area (TPSA) is 67.4 Å². The maximum atomic E-state index is 13.6. The number of thioether (sulfide) groups is 1. The maximum absolute atomic E-state index is 13.6. The Labute approximate surface area is 211 Å². The lowest BCUT2D eigenvalue weighted by molar-refractivity contribution is -0.123. The van der Waals surface area contributed by atoms with Crippen LogP contribution >= 0.6 is 11.8 Å². The van der Waals surface area contributed by atoms with Gasteiger partial charge in [-0.15, -0.1) is 11.8 Å². The first-order valence-electron chi connectivity index (χ1n) is 11.9. The molecule has 0 saturated heterocycles. The molecule has 0 fully saturated rings. The summed E-state index contributed by atoms with van der Waals surface area (Å²) in [5.41, 5.74) is 2.50. The molecule has 1 aliphatic rings. The maximum Gasteiger partial charge on any atom is 0.408 e. The van der Waals surface area contributed by atoms with Crippen molar-refractivity contribution < 1.29 is 14.3 Å². The van der Waals surface area contributed by atoms with Gasteiger partial charge in [-0.1, -0.05) is 54.6 Å². The molecule has 2 amide bonds. The minimum atomic E-state index is -1.09. The molecule has 5 nitrogen and oxygen atoms in total. The average Bonchev–Trinajstić information content (AvgIpc) is 2.83. The fourth-order valence-corrected chi connectivity index (χ4v) is 5.07. The standard InChI is InChI=1S/C29H32N2O3S/c1-28(2,3)34-27(33)31-29(18-17-22-11-7-8-12-23(22)19-29)26(32)30-24-13-15-25(16-14-24)35-20-21-9-5-4-6-10-21/h4-16H,17-20H2,1-3H3,(H,30,32)(H,31,33). The van der Waals surface area contributed by atoms with E-state index in [1.54, 1.807) is 11.8 Å². The minimum absolute atomic E-state index is 0.234. The van der Waals surface area contributed by atoms with Crippen LogP contribution in [0.2, 0.25) is 0 Å². The highest BCUT2D eigenvalue weighted by molar-refractivity contribution is 7.98. The molecule has 6 heteroatoms. The number of anilines is 1. The van der Waals surface area contributed by atoms with Crippen molar-refractivity contribution in [1.29, 1.82) is 0 Å². The first-order valence-corrected chi connectivity index (χ1v) is 12.9. The molecule has 4 rings (SSSR count). The van der Waals surface area contributed by atoms with Gasteiger partial charge < -0.3 is 15.4 Å². The lowest BCUT2D eigenvalue weighted by Crippen LogP contribution is -2.60. The predicted octanol–water partition coefficient (Wildman–Crippen LogP) is 6.37. The molecule has 35 heavy (non-hydrogen) atoms. The summed E-state index contributed by atoms with van der Waals surface area (Å²) in [6.07, 6.45) is 1.04. The number of fused-ring (bicyclic) bond motifs is 1. The molecule has 0 spiro atoms. The summed E-state index contributed by atoms with van der Waals surface area (Å²) in [7, 11) is 0. The largest absolute Gasteiger partial charge is 0.444 e. The van der Waals surface area contributed by atoms with E-state index in [0.717, 1.165) is 16.2 Å². The number of carbonyl (C=O) groups excluding carboxylic acids is 2. The molecule has 0 aliphatic heterocycles. The van der Waals surface area contributed by atoms with E-state index in [4.69, 9.17) is 4.74 Å². The highest BCUT2D eigenvalue weighted by Gasteiger charge is 2.43. The average molecular weight is 489 g/mol. The van der Waals surface area contributed by atoms with E-state index in [-0.39, 0.29) is 5.91 Å². The Morgan fingerprint density at radius 1 is 0.914 bits per heavy atom. The van der Waals surface area contributed by atoms with Crippen LogP contribution in [0.3, 0.4) is 0 Å². The number of ether oxygens (including phenoxy) is 1. The van der Waals surface area contributed by atoms with E-state index in [1.165, 1.54) is 11.1 Å². The second kappa shape index (κ2) is 10.6. The second-order valence-electron chi connectivity index (χ2n) is 9.91. The van der Waals surface area contributed by atoms with Crippen LogP contribution in [0.25, 0.3) is 0 Å². The van der Waals surface area contributed by atoms with Crippen molar-refractivity contribution in [3.8, 4) is 0 Å². The van der Waals surface area contributed by atoms with Crippen molar-refractivity contribution in [3.05, 3.63) is 95.6 Å². The van der Waals surface area contributed by atoms with Gasteiger partial charge in [0.25, 0.3) is 5.91 Å². The van der Waals surface area contributed by atoms with Crippen molar-refractivity contribution in [2.75, 3.05) is 5.32 Å².